The first-order valence-corrected chi connectivity index (χ1v) is 28.5. The van der Waals surface area contributed by atoms with Gasteiger partial charge in [0.2, 0.25) is 0 Å². The molecule has 0 aliphatic heterocycles. The lowest BCUT2D eigenvalue weighted by molar-refractivity contribution is -0.179. The third-order valence-electron chi connectivity index (χ3n) is 16.8. The van der Waals surface area contributed by atoms with Crippen molar-refractivity contribution in [3.63, 3.8) is 0 Å². The molecule has 3 saturated carbocycles. The van der Waals surface area contributed by atoms with Crippen LogP contribution in [-0.2, 0) is 47.7 Å². The number of ether oxygens (including phenoxy) is 5. The lowest BCUT2D eigenvalue weighted by Crippen LogP contribution is -2.51. The molecule has 68 heavy (non-hydrogen) atoms. The SMILES string of the molecule is CCCCCCCCCCCCCCCC(=O)OCC(COC(=O)CCCCCCCCCCCCCCC)OC(=O)CC(=O)OCOC1CC[C@H]2[C@@H]3CCC4=CC(=O)CC[C@]4(C)[C@H]3CC[C@]12C. The third kappa shape index (κ3) is 20.5. The summed E-state index contributed by atoms with van der Waals surface area (Å²) in [7, 11) is 0. The van der Waals surface area contributed by atoms with Crippen LogP contribution < -0.4 is 0 Å². The topological polar surface area (TPSA) is 132 Å². The van der Waals surface area contributed by atoms with Gasteiger partial charge in [-0.3, -0.25) is 24.0 Å². The second-order valence-electron chi connectivity index (χ2n) is 22.0. The Hall–Kier alpha value is -2.75. The average Bonchev–Trinajstić information content (AvgIpc) is 3.66. The number of unbranched alkanes of at least 4 members (excludes halogenated alkanes) is 24. The molecule has 0 N–H and O–H groups in total. The van der Waals surface area contributed by atoms with Crippen molar-refractivity contribution in [2.45, 2.75) is 277 Å². The highest BCUT2D eigenvalue weighted by molar-refractivity contribution is 5.92. The van der Waals surface area contributed by atoms with Crippen LogP contribution in [-0.4, -0.2) is 61.9 Å². The molecule has 0 amide bonds. The molecule has 0 heterocycles. The van der Waals surface area contributed by atoms with Gasteiger partial charge in [-0.25, -0.2) is 0 Å². The van der Waals surface area contributed by atoms with E-state index in [-0.39, 0.29) is 67.5 Å². The summed E-state index contributed by atoms with van der Waals surface area (Å²) < 4.78 is 28.3. The predicted molar refractivity (Wildman–Crippen MR) is 270 cm³/mol. The molecule has 3 fully saturated rings. The summed E-state index contributed by atoms with van der Waals surface area (Å²) in [6, 6.07) is 0. The van der Waals surface area contributed by atoms with Gasteiger partial charge in [0.25, 0.3) is 0 Å². The Morgan fingerprint density at radius 1 is 0.544 bits per heavy atom. The van der Waals surface area contributed by atoms with Crippen LogP contribution in [0.4, 0.5) is 0 Å². The van der Waals surface area contributed by atoms with E-state index in [2.05, 4.69) is 27.7 Å². The molecular formula is C58H98O10. The summed E-state index contributed by atoms with van der Waals surface area (Å²) in [4.78, 5) is 63.6. The van der Waals surface area contributed by atoms with Crippen molar-refractivity contribution in [3.05, 3.63) is 11.6 Å². The summed E-state index contributed by atoms with van der Waals surface area (Å²) >= 11 is 0. The van der Waals surface area contributed by atoms with Crippen LogP contribution in [0.3, 0.4) is 0 Å². The number of esters is 4. The molecule has 4 aliphatic carbocycles. The first-order chi connectivity index (χ1) is 33.0. The normalized spacial score (nSPS) is 24.2. The van der Waals surface area contributed by atoms with Gasteiger partial charge >= 0.3 is 23.9 Å². The standard InChI is InChI=1S/C58H98O10/c1-5-7-9-11-13-15-17-19-21-23-25-27-29-31-53(60)64-43-48(44-65-54(61)32-30-28-26-24-22-20-18-16-14-12-10-8-6-2)68-56(63)42-55(62)67-45-66-52-36-35-50-49-34-33-46-41-47(59)37-39-57(46,3)51(49)38-40-58(50,52)4/h41,48-52H,5-40,42-45H2,1-4H3/t49-,50-,51-,52?,57-,58-/m0/s1. The van der Waals surface area contributed by atoms with Crippen LogP contribution in [0.15, 0.2) is 11.6 Å². The van der Waals surface area contributed by atoms with E-state index in [9.17, 15) is 24.0 Å². The Bertz CT molecular complexity index is 1460. The zero-order valence-corrected chi connectivity index (χ0v) is 43.8. The summed E-state index contributed by atoms with van der Waals surface area (Å²) in [5, 5.41) is 0. The molecule has 10 heteroatoms. The Morgan fingerprint density at radius 2 is 1.03 bits per heavy atom. The third-order valence-corrected chi connectivity index (χ3v) is 16.8. The molecule has 0 spiro atoms. The maximum atomic E-state index is 13.0. The molecule has 390 valence electrons. The van der Waals surface area contributed by atoms with E-state index in [0.29, 0.717) is 24.2 Å². The zero-order valence-electron chi connectivity index (χ0n) is 43.8. The number of carbonyl (C=O) groups is 5. The predicted octanol–water partition coefficient (Wildman–Crippen LogP) is 14.8. The van der Waals surface area contributed by atoms with Crippen molar-refractivity contribution < 1.29 is 47.7 Å². The maximum absolute atomic E-state index is 13.0. The minimum absolute atomic E-state index is 0.0178. The van der Waals surface area contributed by atoms with Crippen molar-refractivity contribution in [2.24, 2.45) is 28.6 Å². The minimum Gasteiger partial charge on any atom is -0.462 e. The van der Waals surface area contributed by atoms with E-state index in [1.54, 1.807) is 0 Å². The van der Waals surface area contributed by atoms with Crippen molar-refractivity contribution in [1.29, 1.82) is 0 Å². The van der Waals surface area contributed by atoms with Gasteiger partial charge in [-0.2, -0.15) is 0 Å². The van der Waals surface area contributed by atoms with Gasteiger partial charge in [0.15, 0.2) is 18.7 Å². The Kier molecular flexibility index (Phi) is 28.1. The zero-order chi connectivity index (χ0) is 48.9. The smallest absolute Gasteiger partial charge is 0.319 e. The molecule has 0 radical (unpaired) electrons. The fourth-order valence-corrected chi connectivity index (χ4v) is 12.6. The maximum Gasteiger partial charge on any atom is 0.319 e. The first kappa shape index (κ1) is 57.8. The van der Waals surface area contributed by atoms with Gasteiger partial charge in [-0.1, -0.05) is 187 Å². The van der Waals surface area contributed by atoms with Crippen LogP contribution in [0.25, 0.3) is 0 Å². The number of hydrogen-bond acceptors (Lipinski definition) is 10. The number of fused-ring (bicyclic) bond motifs is 5. The molecule has 0 aromatic carbocycles. The van der Waals surface area contributed by atoms with E-state index in [0.717, 1.165) is 83.5 Å². The van der Waals surface area contributed by atoms with Gasteiger partial charge in [0, 0.05) is 19.3 Å². The molecule has 0 aromatic heterocycles. The fraction of sp³-hybridized carbons (Fsp3) is 0.879. The van der Waals surface area contributed by atoms with Crippen LogP contribution in [0.2, 0.25) is 0 Å². The van der Waals surface area contributed by atoms with E-state index in [1.165, 1.54) is 134 Å². The van der Waals surface area contributed by atoms with E-state index in [4.69, 9.17) is 23.7 Å². The summed E-state index contributed by atoms with van der Waals surface area (Å²) in [5.74, 6) is -0.384. The van der Waals surface area contributed by atoms with Crippen molar-refractivity contribution in [3.8, 4) is 0 Å². The quantitative estimate of drug-likeness (QED) is 0.0194. The lowest BCUT2D eigenvalue weighted by atomic mass is 9.47. The van der Waals surface area contributed by atoms with Gasteiger partial charge in [-0.05, 0) is 92.4 Å². The minimum atomic E-state index is -1.04. The second-order valence-corrected chi connectivity index (χ2v) is 22.0. The van der Waals surface area contributed by atoms with Crippen LogP contribution >= 0.6 is 0 Å². The fourth-order valence-electron chi connectivity index (χ4n) is 12.6. The van der Waals surface area contributed by atoms with E-state index >= 15 is 0 Å². The molecular weight excluding hydrogens is 857 g/mol. The van der Waals surface area contributed by atoms with Crippen molar-refractivity contribution in [1.82, 2.24) is 0 Å². The molecule has 0 aromatic rings. The van der Waals surface area contributed by atoms with Crippen molar-refractivity contribution in [2.75, 3.05) is 20.0 Å². The van der Waals surface area contributed by atoms with Crippen LogP contribution in [0.1, 0.15) is 265 Å². The summed E-state index contributed by atoms with van der Waals surface area (Å²) in [6.07, 6.45) is 40.2. The monoisotopic (exact) mass is 955 g/mol. The van der Waals surface area contributed by atoms with Crippen LogP contribution in [0.5, 0.6) is 0 Å². The number of rotatable bonds is 38. The number of hydrogen-bond donors (Lipinski definition) is 0. The van der Waals surface area contributed by atoms with Gasteiger partial charge < -0.3 is 23.7 Å². The van der Waals surface area contributed by atoms with E-state index in [1.807, 2.05) is 6.08 Å². The van der Waals surface area contributed by atoms with Gasteiger partial charge in [0.05, 0.1) is 6.10 Å². The second kappa shape index (κ2) is 33.0. The Balaban J connectivity index is 1.14. The molecule has 0 bridgehead atoms. The highest BCUT2D eigenvalue weighted by atomic mass is 16.7. The first-order valence-electron chi connectivity index (χ1n) is 28.5. The summed E-state index contributed by atoms with van der Waals surface area (Å²) in [5.41, 5.74) is 1.46. The molecule has 0 saturated heterocycles. The van der Waals surface area contributed by atoms with Gasteiger partial charge in [-0.15, -0.1) is 0 Å². The molecule has 4 rings (SSSR count). The number of ketones is 1. The molecule has 1 unspecified atom stereocenters. The lowest BCUT2D eigenvalue weighted by Gasteiger charge is -2.57. The number of allylic oxidation sites excluding steroid dienone is 1. The molecule has 4 aliphatic rings. The Morgan fingerprint density at radius 3 is 1.53 bits per heavy atom. The summed E-state index contributed by atoms with van der Waals surface area (Å²) in [6.45, 7) is 8.47. The van der Waals surface area contributed by atoms with Crippen LogP contribution in [0, 0.1) is 28.6 Å². The Labute approximate surface area is 413 Å². The van der Waals surface area contributed by atoms with Gasteiger partial charge in [0.1, 0.15) is 19.6 Å². The highest BCUT2D eigenvalue weighted by Crippen LogP contribution is 2.65. The highest BCUT2D eigenvalue weighted by Gasteiger charge is 2.59. The molecule has 6 atom stereocenters. The van der Waals surface area contributed by atoms with E-state index < -0.39 is 24.5 Å². The largest absolute Gasteiger partial charge is 0.462 e. The molecule has 10 nitrogen and oxygen atoms in total. The number of carbonyl (C=O) groups excluding carboxylic acids is 5. The van der Waals surface area contributed by atoms with Crippen molar-refractivity contribution >= 4 is 29.7 Å². The average molecular weight is 955 g/mol.